The Balaban J connectivity index is 0.00000242. The van der Waals surface area contributed by atoms with E-state index in [1.54, 1.807) is 14.2 Å². The van der Waals surface area contributed by atoms with Crippen LogP contribution in [0.3, 0.4) is 0 Å². The number of guanidine groups is 1. The quantitative estimate of drug-likeness (QED) is 0.294. The van der Waals surface area contributed by atoms with Crippen molar-refractivity contribution in [1.29, 1.82) is 0 Å². The van der Waals surface area contributed by atoms with E-state index in [1.165, 1.54) is 18.4 Å². The molecular weight excluding hydrogens is 393 g/mol. The van der Waals surface area contributed by atoms with Gasteiger partial charge in [0.25, 0.3) is 0 Å². The van der Waals surface area contributed by atoms with Gasteiger partial charge in [-0.2, -0.15) is 0 Å². The minimum Gasteiger partial charge on any atom is -0.497 e. The molecule has 22 heavy (non-hydrogen) atoms. The third-order valence-corrected chi connectivity index (χ3v) is 3.35. The lowest BCUT2D eigenvalue weighted by atomic mass is 10.1. The summed E-state index contributed by atoms with van der Waals surface area (Å²) >= 11 is 0. The Hall–Kier alpha value is -1.02. The molecule has 124 valence electrons. The van der Waals surface area contributed by atoms with Crippen LogP contribution >= 0.6 is 24.0 Å². The van der Waals surface area contributed by atoms with Gasteiger partial charge in [0.1, 0.15) is 5.75 Å². The van der Waals surface area contributed by atoms with Crippen LogP contribution in [-0.2, 0) is 11.2 Å². The molecule has 0 aromatic heterocycles. The molecule has 1 fully saturated rings. The summed E-state index contributed by atoms with van der Waals surface area (Å²) in [7, 11) is 3.38. The van der Waals surface area contributed by atoms with Gasteiger partial charge in [0.05, 0.1) is 20.3 Å². The summed E-state index contributed by atoms with van der Waals surface area (Å²) in [5.41, 5.74) is 1.28. The van der Waals surface area contributed by atoms with Crippen molar-refractivity contribution >= 4 is 29.9 Å². The molecule has 0 amide bonds. The van der Waals surface area contributed by atoms with Crippen LogP contribution in [0.25, 0.3) is 0 Å². The smallest absolute Gasteiger partial charge is 0.191 e. The van der Waals surface area contributed by atoms with Gasteiger partial charge >= 0.3 is 0 Å². The topological polar surface area (TPSA) is 54.9 Å². The molecule has 0 radical (unpaired) electrons. The third kappa shape index (κ3) is 7.31. The number of ether oxygens (including phenoxy) is 2. The maximum atomic E-state index is 5.16. The minimum absolute atomic E-state index is 0. The van der Waals surface area contributed by atoms with E-state index in [0.29, 0.717) is 19.2 Å². The fourth-order valence-electron chi connectivity index (χ4n) is 1.94. The Morgan fingerprint density at radius 2 is 1.95 bits per heavy atom. The summed E-state index contributed by atoms with van der Waals surface area (Å²) in [6.07, 6.45) is 3.44. The second-order valence-corrected chi connectivity index (χ2v) is 5.17. The van der Waals surface area contributed by atoms with Crippen molar-refractivity contribution in [1.82, 2.24) is 10.6 Å². The molecular formula is C16H26IN3O2. The first-order chi connectivity index (χ1) is 10.3. The number of hydrogen-bond acceptors (Lipinski definition) is 3. The minimum atomic E-state index is 0. The molecule has 0 heterocycles. The number of nitrogens with zero attached hydrogens (tertiary/aromatic N) is 1. The highest BCUT2D eigenvalue weighted by Crippen LogP contribution is 2.18. The summed E-state index contributed by atoms with van der Waals surface area (Å²) < 4.78 is 10.2. The van der Waals surface area contributed by atoms with Gasteiger partial charge in [-0.05, 0) is 37.0 Å². The summed E-state index contributed by atoms with van der Waals surface area (Å²) in [5.74, 6) is 1.78. The van der Waals surface area contributed by atoms with Crippen molar-refractivity contribution in [2.45, 2.75) is 25.3 Å². The zero-order valence-electron chi connectivity index (χ0n) is 13.3. The zero-order chi connectivity index (χ0) is 14.9. The van der Waals surface area contributed by atoms with E-state index in [0.717, 1.165) is 24.7 Å². The number of benzene rings is 1. The van der Waals surface area contributed by atoms with Crippen molar-refractivity contribution in [3.63, 3.8) is 0 Å². The average Bonchev–Trinajstić information content (AvgIpc) is 3.32. The highest BCUT2D eigenvalue weighted by Gasteiger charge is 2.22. The van der Waals surface area contributed by atoms with Gasteiger partial charge < -0.3 is 20.1 Å². The van der Waals surface area contributed by atoms with Gasteiger partial charge in [0, 0.05) is 19.7 Å². The molecule has 1 aliphatic carbocycles. The molecule has 0 atom stereocenters. The molecule has 2 rings (SSSR count). The van der Waals surface area contributed by atoms with Gasteiger partial charge in [-0.25, -0.2) is 0 Å². The molecule has 5 nitrogen and oxygen atoms in total. The number of halogens is 1. The second-order valence-electron chi connectivity index (χ2n) is 5.17. The fourth-order valence-corrected chi connectivity index (χ4v) is 1.94. The zero-order valence-corrected chi connectivity index (χ0v) is 15.6. The fraction of sp³-hybridized carbons (Fsp3) is 0.562. The van der Waals surface area contributed by atoms with Crippen LogP contribution in [0.1, 0.15) is 18.4 Å². The van der Waals surface area contributed by atoms with Crippen molar-refractivity contribution < 1.29 is 9.47 Å². The van der Waals surface area contributed by atoms with Crippen molar-refractivity contribution in [2.24, 2.45) is 4.99 Å². The van der Waals surface area contributed by atoms with E-state index in [-0.39, 0.29) is 24.0 Å². The first kappa shape index (κ1) is 19.0. The van der Waals surface area contributed by atoms with Gasteiger partial charge in [-0.1, -0.05) is 12.1 Å². The van der Waals surface area contributed by atoms with E-state index in [4.69, 9.17) is 9.47 Å². The van der Waals surface area contributed by atoms with Crippen molar-refractivity contribution in [3.05, 3.63) is 29.8 Å². The van der Waals surface area contributed by atoms with Crippen molar-refractivity contribution in [2.75, 3.05) is 33.9 Å². The number of aliphatic imine (C=N–C) groups is 1. The molecule has 2 N–H and O–H groups in total. The molecule has 1 aromatic carbocycles. The molecule has 1 saturated carbocycles. The lowest BCUT2D eigenvalue weighted by molar-refractivity contribution is 0.208. The Bertz CT molecular complexity index is 447. The van der Waals surface area contributed by atoms with Gasteiger partial charge in [-0.3, -0.25) is 4.99 Å². The highest BCUT2D eigenvalue weighted by molar-refractivity contribution is 14.0. The van der Waals surface area contributed by atoms with Crippen LogP contribution in [0.15, 0.2) is 29.3 Å². The summed E-state index contributed by atoms with van der Waals surface area (Å²) in [6, 6.07) is 8.77. The average molecular weight is 419 g/mol. The lowest BCUT2D eigenvalue weighted by Crippen LogP contribution is -2.39. The number of nitrogens with one attached hydrogen (secondary N) is 2. The van der Waals surface area contributed by atoms with E-state index in [1.807, 2.05) is 12.1 Å². The van der Waals surface area contributed by atoms with E-state index < -0.39 is 0 Å². The van der Waals surface area contributed by atoms with Crippen LogP contribution < -0.4 is 15.4 Å². The van der Waals surface area contributed by atoms with Crippen molar-refractivity contribution in [3.8, 4) is 5.75 Å². The molecule has 0 saturated heterocycles. The first-order valence-corrected chi connectivity index (χ1v) is 7.48. The maximum Gasteiger partial charge on any atom is 0.191 e. The van der Waals surface area contributed by atoms with Crippen LogP contribution in [0.2, 0.25) is 0 Å². The van der Waals surface area contributed by atoms with E-state index >= 15 is 0 Å². The van der Waals surface area contributed by atoms with E-state index in [9.17, 15) is 0 Å². The van der Waals surface area contributed by atoms with Crippen LogP contribution in [-0.4, -0.2) is 45.9 Å². The normalized spacial score (nSPS) is 14.2. The Morgan fingerprint density at radius 1 is 1.23 bits per heavy atom. The number of methoxy groups -OCH3 is 2. The molecule has 0 unspecified atom stereocenters. The predicted molar refractivity (Wildman–Crippen MR) is 100 cm³/mol. The Labute approximate surface area is 149 Å². The number of rotatable bonds is 8. The summed E-state index contributed by atoms with van der Waals surface area (Å²) in [5, 5.41) is 6.80. The summed E-state index contributed by atoms with van der Waals surface area (Å²) in [6.45, 7) is 2.19. The SMILES string of the molecule is COCCN=C(NCCc1ccc(OC)cc1)NC1CC1.I. The number of hydrogen-bond donors (Lipinski definition) is 2. The monoisotopic (exact) mass is 419 g/mol. The third-order valence-electron chi connectivity index (χ3n) is 3.35. The van der Waals surface area contributed by atoms with Crippen LogP contribution in [0, 0.1) is 0 Å². The highest BCUT2D eigenvalue weighted by atomic mass is 127. The molecule has 0 spiro atoms. The predicted octanol–water partition coefficient (Wildman–Crippen LogP) is 2.20. The Morgan fingerprint density at radius 3 is 2.55 bits per heavy atom. The molecule has 1 aliphatic rings. The molecule has 1 aromatic rings. The van der Waals surface area contributed by atoms with Gasteiger partial charge in [0.15, 0.2) is 5.96 Å². The standard InChI is InChI=1S/C16H25N3O2.HI/c1-20-12-11-18-16(19-14-5-6-14)17-10-9-13-3-7-15(21-2)8-4-13;/h3-4,7-8,14H,5-6,9-12H2,1-2H3,(H2,17,18,19);1H. The molecule has 0 aliphatic heterocycles. The van der Waals surface area contributed by atoms with Crippen LogP contribution in [0.5, 0.6) is 5.75 Å². The second kappa shape index (κ2) is 10.7. The largest absolute Gasteiger partial charge is 0.497 e. The van der Waals surface area contributed by atoms with Gasteiger partial charge in [-0.15, -0.1) is 24.0 Å². The molecule has 0 bridgehead atoms. The van der Waals surface area contributed by atoms with E-state index in [2.05, 4.69) is 27.8 Å². The molecule has 6 heteroatoms. The van der Waals surface area contributed by atoms with Crippen LogP contribution in [0.4, 0.5) is 0 Å². The summed E-state index contributed by atoms with van der Waals surface area (Å²) in [4.78, 5) is 4.50. The van der Waals surface area contributed by atoms with Gasteiger partial charge in [0.2, 0.25) is 0 Å². The first-order valence-electron chi connectivity index (χ1n) is 7.48. The maximum absolute atomic E-state index is 5.16. The lowest BCUT2D eigenvalue weighted by Gasteiger charge is -2.12. The Kier molecular flexibility index (Phi) is 9.22.